The summed E-state index contributed by atoms with van der Waals surface area (Å²) in [5.41, 5.74) is 0.00446. The highest BCUT2D eigenvalue weighted by Gasteiger charge is 2.54. The highest BCUT2D eigenvalue weighted by molar-refractivity contribution is 8.02. The fraction of sp³-hybridized carbons (Fsp3) is 0.482. The quantitative estimate of drug-likeness (QED) is 0.0256. The van der Waals surface area contributed by atoms with E-state index in [-0.39, 0.29) is 121 Å². The monoisotopic (exact) mass is 1140 g/mol. The number of benzene rings is 2. The molecule has 5 heterocycles. The van der Waals surface area contributed by atoms with Crippen LogP contribution >= 0.6 is 11.8 Å². The van der Waals surface area contributed by atoms with Crippen molar-refractivity contribution >= 4 is 81.8 Å². The molecule has 1 saturated carbocycles. The predicted octanol–water partition coefficient (Wildman–Crippen LogP) is 3.68. The number of aromatic nitrogens is 2. The molecule has 2 aromatic carbocycles. The van der Waals surface area contributed by atoms with Crippen molar-refractivity contribution in [3.63, 3.8) is 0 Å². The standard InChI is InChI=1S/C56H66N8O16S/c1-7-30-22-55(30,6)81-43-21-45(68)63(52(43)75)16-15-44(67)60-39(17-27(3)4)50(73)58-28(5)48(71)62-37(13-14-46(69)70)49(72)59-31-11-9-29(10-12-31)25-80-54(77)57-23-33-32-18-41(65)42(66)20-38(32)61-47-34(33)24-64-40(47)19-36-35(51(64)74)26-79-53(76)56(36,78)8-2/h9-12,18-20,27-28,30,37,39,43,65-66,78H,7-8,13-17,21-26H2,1-6H3,(H,57,77)(H,58,73)(H,59,72)(H,60,67)(H,62,71)(H,69,70)/t28-,30?,37-,39+,43?,55-,56-/m0/s1. The summed E-state index contributed by atoms with van der Waals surface area (Å²) in [6.07, 6.45) is 0.197. The molecule has 7 atom stereocenters. The Kier molecular flexibility index (Phi) is 17.5. The van der Waals surface area contributed by atoms with Gasteiger partial charge in [0.15, 0.2) is 17.1 Å². The fourth-order valence-corrected chi connectivity index (χ4v) is 12.3. The van der Waals surface area contributed by atoms with Gasteiger partial charge in [-0.1, -0.05) is 53.2 Å². The van der Waals surface area contributed by atoms with E-state index in [1.165, 1.54) is 53.6 Å². The lowest BCUT2D eigenvalue weighted by atomic mass is 9.86. The van der Waals surface area contributed by atoms with Crippen molar-refractivity contribution in [1.29, 1.82) is 0 Å². The number of rotatable bonds is 23. The van der Waals surface area contributed by atoms with Crippen LogP contribution in [0.25, 0.3) is 22.3 Å². The lowest BCUT2D eigenvalue weighted by Gasteiger charge is -2.31. The molecule has 4 aliphatic rings. The lowest BCUT2D eigenvalue weighted by Crippen LogP contribution is -2.55. The van der Waals surface area contributed by atoms with Gasteiger partial charge in [-0.05, 0) is 79.8 Å². The summed E-state index contributed by atoms with van der Waals surface area (Å²) in [5.74, 6) is -6.24. The number of esters is 1. The van der Waals surface area contributed by atoms with Gasteiger partial charge in [0, 0.05) is 65.4 Å². The number of thioether (sulfide) groups is 1. The van der Waals surface area contributed by atoms with E-state index in [9.17, 15) is 68.4 Å². The second kappa shape index (κ2) is 24.0. The van der Waals surface area contributed by atoms with Crippen LogP contribution in [0, 0.1) is 11.8 Å². The molecule has 8 rings (SSSR count). The zero-order valence-electron chi connectivity index (χ0n) is 45.6. The van der Waals surface area contributed by atoms with Crippen molar-refractivity contribution in [3.05, 3.63) is 80.6 Å². The number of carbonyl (C=O) groups is 9. The molecular weight excluding hydrogens is 1070 g/mol. The number of ether oxygens (including phenoxy) is 2. The normalized spacial score (nSPS) is 20.8. The number of phenols is 2. The first kappa shape index (κ1) is 59.1. The Morgan fingerprint density at radius 1 is 0.901 bits per heavy atom. The molecule has 25 heteroatoms. The third kappa shape index (κ3) is 12.8. The Balaban J connectivity index is 0.846. The number of fused-ring (bicyclic) bond motifs is 5. The number of aromatic hydroxyl groups is 2. The molecule has 9 N–H and O–H groups in total. The minimum Gasteiger partial charge on any atom is -0.504 e. The molecule has 0 radical (unpaired) electrons. The minimum absolute atomic E-state index is 0.0301. The highest BCUT2D eigenvalue weighted by atomic mass is 32.2. The van der Waals surface area contributed by atoms with Crippen molar-refractivity contribution < 1.29 is 73.1 Å². The molecular formula is C56H66N8O16S. The van der Waals surface area contributed by atoms with Gasteiger partial charge in [-0.2, -0.15) is 0 Å². The number of alkyl carbamates (subject to hydrolysis) is 1. The number of aliphatic hydroxyl groups is 1. The van der Waals surface area contributed by atoms with Crippen LogP contribution in [0.1, 0.15) is 121 Å². The van der Waals surface area contributed by atoms with Crippen LogP contribution in [0.4, 0.5) is 10.5 Å². The number of imide groups is 1. The van der Waals surface area contributed by atoms with E-state index >= 15 is 0 Å². The van der Waals surface area contributed by atoms with E-state index in [1.54, 1.807) is 19.1 Å². The summed E-state index contributed by atoms with van der Waals surface area (Å²) in [6, 6.07) is 6.33. The number of nitrogens with one attached hydrogen (secondary N) is 5. The molecule has 432 valence electrons. The number of carboxylic acid groups (broad SMARTS) is 1. The second-order valence-corrected chi connectivity index (χ2v) is 23.3. The lowest BCUT2D eigenvalue weighted by molar-refractivity contribution is -0.172. The largest absolute Gasteiger partial charge is 0.504 e. The van der Waals surface area contributed by atoms with Gasteiger partial charge in [0.2, 0.25) is 35.4 Å². The average Bonchev–Trinajstić information content (AvgIpc) is 3.82. The summed E-state index contributed by atoms with van der Waals surface area (Å²) in [5, 5.41) is 54.5. The number of hydrogen-bond donors (Lipinski definition) is 9. The van der Waals surface area contributed by atoms with E-state index in [4.69, 9.17) is 14.5 Å². The molecule has 4 aromatic rings. The molecule has 1 aliphatic carbocycles. The average molecular weight is 1140 g/mol. The van der Waals surface area contributed by atoms with Gasteiger partial charge in [-0.3, -0.25) is 43.3 Å². The maximum absolute atomic E-state index is 13.8. The number of pyridine rings is 2. The summed E-state index contributed by atoms with van der Waals surface area (Å²) < 4.78 is 12.0. The number of carbonyl (C=O) groups excluding carboxylic acids is 8. The van der Waals surface area contributed by atoms with Crippen LogP contribution < -0.4 is 32.1 Å². The number of nitrogens with zero attached hydrogens (tertiary/aromatic N) is 3. The number of cyclic esters (lactones) is 1. The smallest absolute Gasteiger partial charge is 0.407 e. The van der Waals surface area contributed by atoms with Crippen molar-refractivity contribution in [1.82, 2.24) is 35.7 Å². The topological polar surface area (TPSA) is 351 Å². The van der Waals surface area contributed by atoms with Gasteiger partial charge in [-0.15, -0.1) is 11.8 Å². The first-order valence-corrected chi connectivity index (χ1v) is 27.7. The van der Waals surface area contributed by atoms with Gasteiger partial charge in [0.05, 0.1) is 34.3 Å². The number of anilines is 1. The highest BCUT2D eigenvalue weighted by Crippen LogP contribution is 2.58. The van der Waals surface area contributed by atoms with Crippen LogP contribution in [-0.4, -0.2) is 123 Å². The zero-order valence-corrected chi connectivity index (χ0v) is 46.5. The van der Waals surface area contributed by atoms with Gasteiger partial charge < -0.3 is 61.1 Å². The molecule has 0 bridgehead atoms. The molecule has 2 aromatic heterocycles. The SMILES string of the molecule is CCC1C[C@]1(C)SC1CC(=O)N(CCC(=O)N[C@H](CC(C)C)C(=O)N[C@@H](C)C(=O)N[C@@H](CCC(=O)O)C(=O)Nc2ccc(COC(=O)NCc3c4c(nc5cc(O)c(O)cc35)-c3cc5c(c(=O)n3C4)COC(=O)[C@]5(O)CC)cc2)C1=O. The first-order chi connectivity index (χ1) is 38.3. The molecule has 7 amide bonds. The summed E-state index contributed by atoms with van der Waals surface area (Å²) in [7, 11) is 0. The van der Waals surface area contributed by atoms with E-state index in [0.29, 0.717) is 28.0 Å². The first-order valence-electron chi connectivity index (χ1n) is 26.8. The van der Waals surface area contributed by atoms with Gasteiger partial charge in [-0.25, -0.2) is 14.6 Å². The third-order valence-corrected chi connectivity index (χ3v) is 17.0. The van der Waals surface area contributed by atoms with Crippen molar-refractivity contribution in [2.75, 3.05) is 11.9 Å². The molecule has 24 nitrogen and oxygen atoms in total. The number of carboxylic acids is 1. The van der Waals surface area contributed by atoms with Crippen molar-refractivity contribution in [2.45, 2.75) is 153 Å². The van der Waals surface area contributed by atoms with Crippen LogP contribution in [0.3, 0.4) is 0 Å². The van der Waals surface area contributed by atoms with Gasteiger partial charge in [0.25, 0.3) is 5.56 Å². The van der Waals surface area contributed by atoms with Gasteiger partial charge in [0.1, 0.15) is 31.3 Å². The molecule has 81 heavy (non-hydrogen) atoms. The Bertz CT molecular complexity index is 3290. The summed E-state index contributed by atoms with van der Waals surface area (Å²) >= 11 is 1.52. The second-order valence-electron chi connectivity index (χ2n) is 21.5. The number of phenolic OH excluding ortho intramolecular Hbond substituents is 2. The number of aliphatic carboxylic acids is 1. The number of likely N-dealkylation sites (tertiary alicyclic amines) is 1. The Morgan fingerprint density at radius 2 is 1.62 bits per heavy atom. The summed E-state index contributed by atoms with van der Waals surface area (Å²) in [4.78, 5) is 137. The van der Waals surface area contributed by atoms with E-state index in [2.05, 4.69) is 40.4 Å². The molecule has 2 unspecified atom stereocenters. The van der Waals surface area contributed by atoms with Gasteiger partial charge >= 0.3 is 18.0 Å². The van der Waals surface area contributed by atoms with Crippen molar-refractivity contribution in [2.24, 2.45) is 11.8 Å². The van der Waals surface area contributed by atoms with Crippen LogP contribution in [0.15, 0.2) is 47.3 Å². The predicted molar refractivity (Wildman–Crippen MR) is 292 cm³/mol. The molecule has 3 aliphatic heterocycles. The Labute approximate surface area is 469 Å². The third-order valence-electron chi connectivity index (χ3n) is 15.3. The van der Waals surface area contributed by atoms with Crippen LogP contribution in [0.2, 0.25) is 0 Å². The summed E-state index contributed by atoms with van der Waals surface area (Å²) in [6.45, 7) is 9.80. The maximum Gasteiger partial charge on any atom is 0.407 e. The minimum atomic E-state index is -2.07. The zero-order chi connectivity index (χ0) is 58.8. The van der Waals surface area contributed by atoms with E-state index in [0.717, 1.165) is 17.7 Å². The maximum atomic E-state index is 13.8. The fourth-order valence-electron chi connectivity index (χ4n) is 10.5. The van der Waals surface area contributed by atoms with E-state index in [1.807, 2.05) is 13.8 Å². The van der Waals surface area contributed by atoms with Crippen molar-refractivity contribution in [3.8, 4) is 22.9 Å². The number of amides is 7. The van der Waals surface area contributed by atoms with Crippen LogP contribution in [-0.2, 0) is 79.7 Å². The molecule has 2 fully saturated rings. The van der Waals surface area contributed by atoms with E-state index < -0.39 is 94.1 Å². The molecule has 1 saturated heterocycles. The number of hydrogen-bond acceptors (Lipinski definition) is 17. The molecule has 0 spiro atoms. The van der Waals surface area contributed by atoms with Crippen LogP contribution in [0.5, 0.6) is 11.5 Å². The Morgan fingerprint density at radius 3 is 2.28 bits per heavy atom. The Hall–Kier alpha value is -8.06.